The van der Waals surface area contributed by atoms with Crippen molar-refractivity contribution in [3.63, 3.8) is 0 Å². The lowest BCUT2D eigenvalue weighted by Crippen LogP contribution is -2.39. The molecular weight excluding hydrogens is 534 g/mol. The molecule has 0 radical (unpaired) electrons. The number of nitrogens with zero attached hydrogens (tertiary/aromatic N) is 7. The molecule has 1 N–H and O–H groups in total. The maximum Gasteiger partial charge on any atom is 0.410 e. The van der Waals surface area contributed by atoms with Gasteiger partial charge in [-0.1, -0.05) is 0 Å². The van der Waals surface area contributed by atoms with E-state index in [1.807, 2.05) is 4.68 Å². The van der Waals surface area contributed by atoms with E-state index in [1.54, 1.807) is 43.0 Å². The Kier molecular flexibility index (Phi) is 6.61. The summed E-state index contributed by atoms with van der Waals surface area (Å²) in [5.74, 6) is -1.47. The number of imidazole rings is 1. The molecule has 0 fully saturated rings. The van der Waals surface area contributed by atoms with Crippen LogP contribution in [0.25, 0.3) is 28.2 Å². The number of hydrogen-bond donors (Lipinski definition) is 1. The van der Waals surface area contributed by atoms with Gasteiger partial charge in [-0.15, -0.1) is 0 Å². The number of carbonyl (C=O) groups excluding carboxylic acids is 2. The molecule has 11 nitrogen and oxygen atoms in total. The van der Waals surface area contributed by atoms with E-state index < -0.39 is 17.9 Å². The largest absolute Gasteiger partial charge is 0.447 e. The fraction of sp³-hybridized carbons (Fsp3) is 0.214. The maximum absolute atomic E-state index is 13.7. The Hall–Kier alpha value is -5.20. The first-order valence-electron chi connectivity index (χ1n) is 12.9. The predicted molar refractivity (Wildman–Crippen MR) is 144 cm³/mol. The van der Waals surface area contributed by atoms with Gasteiger partial charge in [0.05, 0.1) is 42.3 Å². The summed E-state index contributed by atoms with van der Waals surface area (Å²) in [4.78, 5) is 34.8. The average Bonchev–Trinajstić information content (AvgIpc) is 3.53. The Balaban J connectivity index is 1.38. The van der Waals surface area contributed by atoms with Crippen molar-refractivity contribution in [3.8, 4) is 22.5 Å². The zero-order valence-corrected chi connectivity index (χ0v) is 22.1. The summed E-state index contributed by atoms with van der Waals surface area (Å²) in [6, 6.07) is 11.9. The number of aromatic nitrogens is 6. The van der Waals surface area contributed by atoms with Crippen LogP contribution in [0.5, 0.6) is 0 Å². The van der Waals surface area contributed by atoms with E-state index in [1.165, 1.54) is 35.1 Å². The monoisotopic (exact) mass is 558 g/mol. The molecule has 0 spiro atoms. The van der Waals surface area contributed by atoms with Crippen LogP contribution in [0.15, 0.2) is 60.9 Å². The molecule has 1 aromatic carbocycles. The molecule has 0 unspecified atom stereocenters. The van der Waals surface area contributed by atoms with Gasteiger partial charge >= 0.3 is 6.09 Å². The third-order valence-corrected chi connectivity index (χ3v) is 6.50. The molecule has 5 heterocycles. The number of anilines is 1. The number of hydrogen-bond acceptors (Lipinski definition) is 7. The number of rotatable bonds is 5. The van der Waals surface area contributed by atoms with Gasteiger partial charge in [0.15, 0.2) is 11.5 Å². The van der Waals surface area contributed by atoms with Crippen LogP contribution >= 0.6 is 0 Å². The third-order valence-electron chi connectivity index (χ3n) is 6.50. The molecule has 6 rings (SSSR count). The molecular formula is C28H24F2N8O3. The van der Waals surface area contributed by atoms with Gasteiger partial charge in [0, 0.05) is 29.9 Å². The number of ether oxygens (including phenoxy) is 1. The minimum atomic E-state index is -0.767. The third kappa shape index (κ3) is 5.21. The van der Waals surface area contributed by atoms with Gasteiger partial charge < -0.3 is 15.0 Å². The molecule has 1 aliphatic rings. The Morgan fingerprint density at radius 2 is 1.83 bits per heavy atom. The van der Waals surface area contributed by atoms with Gasteiger partial charge in [0.25, 0.3) is 5.91 Å². The Labute approximate surface area is 232 Å². The van der Waals surface area contributed by atoms with Crippen LogP contribution < -0.4 is 5.32 Å². The quantitative estimate of drug-likeness (QED) is 0.315. The fourth-order valence-electron chi connectivity index (χ4n) is 4.64. The topological polar surface area (TPSA) is 120 Å². The molecule has 208 valence electrons. The number of benzene rings is 1. The van der Waals surface area contributed by atoms with Gasteiger partial charge in [-0.3, -0.25) is 9.48 Å². The number of halogens is 2. The molecule has 4 aromatic heterocycles. The molecule has 0 aliphatic carbocycles. The van der Waals surface area contributed by atoms with E-state index in [4.69, 9.17) is 14.9 Å². The molecule has 0 atom stereocenters. The Morgan fingerprint density at radius 3 is 2.59 bits per heavy atom. The second-order valence-electron chi connectivity index (χ2n) is 9.72. The van der Waals surface area contributed by atoms with Crippen molar-refractivity contribution in [2.75, 3.05) is 11.9 Å². The highest BCUT2D eigenvalue weighted by Crippen LogP contribution is 2.36. The summed E-state index contributed by atoms with van der Waals surface area (Å²) >= 11 is 0. The number of fused-ring (bicyclic) bond motifs is 2. The molecule has 5 aromatic rings. The van der Waals surface area contributed by atoms with Crippen LogP contribution in [0.1, 0.15) is 29.9 Å². The molecule has 41 heavy (non-hydrogen) atoms. The van der Waals surface area contributed by atoms with E-state index in [2.05, 4.69) is 15.3 Å². The summed E-state index contributed by atoms with van der Waals surface area (Å²) in [6.07, 6.45) is 2.06. The molecule has 2 amide bonds. The van der Waals surface area contributed by atoms with Crippen molar-refractivity contribution in [1.29, 1.82) is 0 Å². The van der Waals surface area contributed by atoms with Crippen LogP contribution in [0.2, 0.25) is 0 Å². The smallest absolute Gasteiger partial charge is 0.410 e. The SMILES string of the molecule is CC(C)OC(=O)N1CCn2nc(-c3ccc(F)cc3)c(-c3ccc4nc(NC(=O)c5ccnc(F)c5)cn4n3)c2C1. The molecule has 1 aliphatic heterocycles. The summed E-state index contributed by atoms with van der Waals surface area (Å²) < 4.78 is 35.9. The second kappa shape index (κ2) is 10.4. The summed E-state index contributed by atoms with van der Waals surface area (Å²) in [6.45, 7) is 4.68. The van der Waals surface area contributed by atoms with Crippen molar-refractivity contribution in [3.05, 3.63) is 83.9 Å². The first-order valence-corrected chi connectivity index (χ1v) is 12.9. The van der Waals surface area contributed by atoms with Crippen molar-refractivity contribution < 1.29 is 23.1 Å². The van der Waals surface area contributed by atoms with Gasteiger partial charge in [-0.25, -0.2) is 23.7 Å². The van der Waals surface area contributed by atoms with Crippen LogP contribution in [-0.2, 0) is 17.8 Å². The van der Waals surface area contributed by atoms with E-state index in [0.717, 1.165) is 11.8 Å². The molecule has 13 heteroatoms. The molecule has 0 bridgehead atoms. The lowest BCUT2D eigenvalue weighted by atomic mass is 10.0. The fourth-order valence-corrected chi connectivity index (χ4v) is 4.64. The lowest BCUT2D eigenvalue weighted by molar-refractivity contribution is 0.0680. The van der Waals surface area contributed by atoms with Gasteiger partial charge in [0.1, 0.15) is 11.5 Å². The van der Waals surface area contributed by atoms with E-state index >= 15 is 0 Å². The number of carbonyl (C=O) groups is 2. The minimum Gasteiger partial charge on any atom is -0.447 e. The van der Waals surface area contributed by atoms with Gasteiger partial charge in [-0.2, -0.15) is 14.6 Å². The maximum atomic E-state index is 13.7. The van der Waals surface area contributed by atoms with Crippen molar-refractivity contribution in [2.45, 2.75) is 33.0 Å². The zero-order valence-electron chi connectivity index (χ0n) is 22.1. The van der Waals surface area contributed by atoms with Crippen molar-refractivity contribution >= 4 is 23.5 Å². The van der Waals surface area contributed by atoms with Gasteiger partial charge in [-0.05, 0) is 56.3 Å². The van der Waals surface area contributed by atoms with Crippen LogP contribution in [0, 0.1) is 11.8 Å². The minimum absolute atomic E-state index is 0.0965. The Morgan fingerprint density at radius 1 is 1.02 bits per heavy atom. The highest BCUT2D eigenvalue weighted by molar-refractivity contribution is 6.03. The van der Waals surface area contributed by atoms with Crippen molar-refractivity contribution in [2.24, 2.45) is 0 Å². The summed E-state index contributed by atoms with van der Waals surface area (Å²) in [7, 11) is 0. The first-order chi connectivity index (χ1) is 19.7. The highest BCUT2D eigenvalue weighted by Gasteiger charge is 2.30. The molecule has 0 saturated heterocycles. The first kappa shape index (κ1) is 26.0. The van der Waals surface area contributed by atoms with E-state index in [9.17, 15) is 18.4 Å². The summed E-state index contributed by atoms with van der Waals surface area (Å²) in [5, 5.41) is 12.2. The lowest BCUT2D eigenvalue weighted by Gasteiger charge is -2.28. The van der Waals surface area contributed by atoms with Crippen LogP contribution in [-0.4, -0.2) is 58.9 Å². The van der Waals surface area contributed by atoms with Crippen molar-refractivity contribution in [1.82, 2.24) is 34.3 Å². The average molecular weight is 559 g/mol. The zero-order chi connectivity index (χ0) is 28.7. The van der Waals surface area contributed by atoms with E-state index in [-0.39, 0.29) is 29.8 Å². The predicted octanol–water partition coefficient (Wildman–Crippen LogP) is 4.55. The Bertz CT molecular complexity index is 1780. The molecule has 0 saturated carbocycles. The standard InChI is InChI=1S/C28H24F2N8O3/c1-16(2)41-28(40)36-11-12-37-21(14-36)25(26(35-37)17-3-5-19(29)6-4-17)20-7-8-24-32-23(15-38(24)34-20)33-27(39)18-9-10-31-22(30)13-18/h3-10,13,15-16H,11-12,14H2,1-2H3,(H,33,39). The summed E-state index contributed by atoms with van der Waals surface area (Å²) in [5.41, 5.74) is 3.77. The van der Waals surface area contributed by atoms with Crippen LogP contribution in [0.4, 0.5) is 19.4 Å². The number of nitrogens with one attached hydrogen (secondary N) is 1. The second-order valence-corrected chi connectivity index (χ2v) is 9.72. The van der Waals surface area contributed by atoms with Crippen LogP contribution in [0.3, 0.4) is 0 Å². The normalized spacial score (nSPS) is 13.0. The highest BCUT2D eigenvalue weighted by atomic mass is 19.1. The number of pyridine rings is 1. The van der Waals surface area contributed by atoms with E-state index in [0.29, 0.717) is 41.3 Å². The number of amides is 2. The van der Waals surface area contributed by atoms with Gasteiger partial charge in [0.2, 0.25) is 5.95 Å².